The molecule has 0 aliphatic carbocycles. The molecule has 202 valence electrons. The van der Waals surface area contributed by atoms with Gasteiger partial charge in [0.15, 0.2) is 0 Å². The third-order valence-corrected chi connectivity index (χ3v) is 8.43. The lowest BCUT2D eigenvalue weighted by atomic mass is 10.1. The largest absolute Gasteiger partial charge is 0.318 e. The molecule has 0 aliphatic heterocycles. The average Bonchev–Trinajstić information content (AvgIpc) is 3.15. The van der Waals surface area contributed by atoms with Crippen LogP contribution in [0.4, 0.5) is 5.69 Å². The summed E-state index contributed by atoms with van der Waals surface area (Å²) >= 11 is 12.3. The fourth-order valence-corrected chi connectivity index (χ4v) is 6.34. The van der Waals surface area contributed by atoms with E-state index in [9.17, 15) is 13.2 Å². The Kier molecular flexibility index (Phi) is 8.49. The monoisotopic (exact) mass is 582 g/mol. The molecule has 0 fully saturated rings. The quantitative estimate of drug-likeness (QED) is 0.194. The summed E-state index contributed by atoms with van der Waals surface area (Å²) < 4.78 is 30.0. The van der Waals surface area contributed by atoms with Crippen LogP contribution in [0, 0.1) is 27.7 Å². The molecule has 0 radical (unpaired) electrons. The van der Waals surface area contributed by atoms with Gasteiger partial charge in [-0.25, -0.2) is 13.8 Å². The van der Waals surface area contributed by atoms with Crippen molar-refractivity contribution in [1.29, 1.82) is 0 Å². The molecule has 0 aliphatic rings. The standard InChI is InChI=1S/C29H28Cl2N4O3S/c1-19-10-11-28(20(2)12-19)35-21(3)13-23(22(35)4)17-32-33-29(36)18-34(26-15-24(30)14-25(31)16-26)39(37,38)27-8-6-5-7-9-27/h5-17H,18H2,1-4H3,(H,33,36)/b32-17-. The molecule has 0 atom stereocenters. The summed E-state index contributed by atoms with van der Waals surface area (Å²) in [4.78, 5) is 12.9. The molecule has 0 bridgehead atoms. The predicted molar refractivity (Wildman–Crippen MR) is 158 cm³/mol. The summed E-state index contributed by atoms with van der Waals surface area (Å²) in [5.41, 5.74) is 8.81. The summed E-state index contributed by atoms with van der Waals surface area (Å²) in [6.07, 6.45) is 1.55. The summed E-state index contributed by atoms with van der Waals surface area (Å²) in [6, 6.07) is 20.4. The number of benzene rings is 3. The molecule has 0 unspecified atom stereocenters. The number of aromatic nitrogens is 1. The lowest BCUT2D eigenvalue weighted by Crippen LogP contribution is -2.39. The van der Waals surface area contributed by atoms with Gasteiger partial charge in [-0.05, 0) is 75.7 Å². The normalized spacial score (nSPS) is 11.6. The highest BCUT2D eigenvalue weighted by molar-refractivity contribution is 7.92. The van der Waals surface area contributed by atoms with Crippen molar-refractivity contribution in [2.45, 2.75) is 32.6 Å². The Hall–Kier alpha value is -3.59. The predicted octanol–water partition coefficient (Wildman–Crippen LogP) is 6.36. The van der Waals surface area contributed by atoms with Gasteiger partial charge in [-0.3, -0.25) is 9.10 Å². The molecule has 1 amide bonds. The number of anilines is 1. The van der Waals surface area contributed by atoms with Crippen LogP contribution in [0.15, 0.2) is 82.8 Å². The van der Waals surface area contributed by atoms with Crippen molar-refractivity contribution in [3.8, 4) is 5.69 Å². The molecule has 10 heteroatoms. The van der Waals surface area contributed by atoms with Gasteiger partial charge in [-0.15, -0.1) is 0 Å². The van der Waals surface area contributed by atoms with E-state index in [2.05, 4.69) is 47.1 Å². The van der Waals surface area contributed by atoms with Crippen molar-refractivity contribution in [3.63, 3.8) is 0 Å². The zero-order chi connectivity index (χ0) is 28.3. The average molecular weight is 584 g/mol. The number of sulfonamides is 1. The van der Waals surface area contributed by atoms with Gasteiger partial charge >= 0.3 is 0 Å². The Morgan fingerprint density at radius 2 is 1.62 bits per heavy atom. The number of carbonyl (C=O) groups excluding carboxylic acids is 1. The number of hydrogen-bond acceptors (Lipinski definition) is 4. The zero-order valence-electron chi connectivity index (χ0n) is 21.9. The molecule has 3 aromatic carbocycles. The van der Waals surface area contributed by atoms with Gasteiger partial charge in [0.05, 0.1) is 16.8 Å². The van der Waals surface area contributed by atoms with Crippen molar-refractivity contribution >= 4 is 51.0 Å². The van der Waals surface area contributed by atoms with Crippen LogP contribution in [-0.4, -0.2) is 31.7 Å². The minimum absolute atomic E-state index is 0.0243. The fourth-order valence-electron chi connectivity index (χ4n) is 4.40. The van der Waals surface area contributed by atoms with Crippen molar-refractivity contribution in [1.82, 2.24) is 9.99 Å². The van der Waals surface area contributed by atoms with Crippen LogP contribution in [-0.2, 0) is 14.8 Å². The van der Waals surface area contributed by atoms with Crippen LogP contribution in [0.25, 0.3) is 5.69 Å². The summed E-state index contributed by atoms with van der Waals surface area (Å²) in [6.45, 7) is 7.57. The second kappa shape index (κ2) is 11.7. The highest BCUT2D eigenvalue weighted by Crippen LogP contribution is 2.29. The maximum atomic E-state index is 13.5. The molecule has 7 nitrogen and oxygen atoms in total. The van der Waals surface area contributed by atoms with Crippen LogP contribution in [0.1, 0.15) is 28.1 Å². The number of hydrogen-bond donors (Lipinski definition) is 1. The topological polar surface area (TPSA) is 83.8 Å². The van der Waals surface area contributed by atoms with E-state index >= 15 is 0 Å². The van der Waals surface area contributed by atoms with Crippen molar-refractivity contribution in [3.05, 3.63) is 111 Å². The van der Waals surface area contributed by atoms with Crippen molar-refractivity contribution < 1.29 is 13.2 Å². The van der Waals surface area contributed by atoms with Crippen LogP contribution in [0.2, 0.25) is 10.0 Å². The second-order valence-electron chi connectivity index (χ2n) is 9.20. The van der Waals surface area contributed by atoms with E-state index in [1.165, 1.54) is 35.9 Å². The molecule has 1 aromatic heterocycles. The van der Waals surface area contributed by atoms with E-state index in [-0.39, 0.29) is 20.6 Å². The number of hydrazone groups is 1. The molecular formula is C29H28Cl2N4O3S. The summed E-state index contributed by atoms with van der Waals surface area (Å²) in [7, 11) is -4.11. The smallest absolute Gasteiger partial charge is 0.264 e. The van der Waals surface area contributed by atoms with E-state index in [0.29, 0.717) is 0 Å². The molecule has 4 rings (SSSR count). The van der Waals surface area contributed by atoms with Crippen LogP contribution in [0.3, 0.4) is 0 Å². The molecule has 0 saturated heterocycles. The van der Waals surface area contributed by atoms with E-state index in [1.54, 1.807) is 24.4 Å². The molecule has 1 heterocycles. The van der Waals surface area contributed by atoms with E-state index in [4.69, 9.17) is 23.2 Å². The molecule has 0 saturated carbocycles. The first-order chi connectivity index (χ1) is 18.5. The van der Waals surface area contributed by atoms with Gasteiger partial charge in [-0.1, -0.05) is 59.1 Å². The molecule has 39 heavy (non-hydrogen) atoms. The number of nitrogens with one attached hydrogen (secondary N) is 1. The number of rotatable bonds is 8. The second-order valence-corrected chi connectivity index (χ2v) is 11.9. The lowest BCUT2D eigenvalue weighted by molar-refractivity contribution is -0.119. The number of carbonyl (C=O) groups is 1. The number of nitrogens with zero attached hydrogens (tertiary/aromatic N) is 3. The summed E-state index contributed by atoms with van der Waals surface area (Å²) in [5, 5.41) is 4.59. The first-order valence-electron chi connectivity index (χ1n) is 12.1. The Morgan fingerprint density at radius 3 is 2.26 bits per heavy atom. The van der Waals surface area contributed by atoms with E-state index in [1.807, 2.05) is 19.9 Å². The third-order valence-electron chi connectivity index (χ3n) is 6.21. The minimum Gasteiger partial charge on any atom is -0.318 e. The van der Waals surface area contributed by atoms with Gasteiger partial charge in [0.1, 0.15) is 6.54 Å². The highest BCUT2D eigenvalue weighted by Gasteiger charge is 2.27. The number of amides is 1. The summed E-state index contributed by atoms with van der Waals surface area (Å²) in [5.74, 6) is -0.634. The van der Waals surface area contributed by atoms with Gasteiger partial charge < -0.3 is 4.57 Å². The van der Waals surface area contributed by atoms with E-state index in [0.717, 1.165) is 32.5 Å². The van der Waals surface area contributed by atoms with Crippen LogP contribution < -0.4 is 9.73 Å². The minimum atomic E-state index is -4.11. The van der Waals surface area contributed by atoms with Gasteiger partial charge in [0.25, 0.3) is 15.9 Å². The fraction of sp³-hybridized carbons (Fsp3) is 0.172. The van der Waals surface area contributed by atoms with Gasteiger partial charge in [0, 0.05) is 32.7 Å². The number of halogens is 2. The Bertz CT molecular complexity index is 1650. The first-order valence-corrected chi connectivity index (χ1v) is 14.3. The van der Waals surface area contributed by atoms with Crippen LogP contribution in [0.5, 0.6) is 0 Å². The Balaban J connectivity index is 1.58. The highest BCUT2D eigenvalue weighted by atomic mass is 35.5. The maximum Gasteiger partial charge on any atom is 0.264 e. The number of aryl methyl sites for hydroxylation is 3. The van der Waals surface area contributed by atoms with Gasteiger partial charge in [0.2, 0.25) is 0 Å². The van der Waals surface area contributed by atoms with E-state index < -0.39 is 22.5 Å². The molecule has 1 N–H and O–H groups in total. The van der Waals surface area contributed by atoms with Gasteiger partial charge in [-0.2, -0.15) is 5.10 Å². The molecule has 0 spiro atoms. The van der Waals surface area contributed by atoms with Crippen LogP contribution >= 0.6 is 23.2 Å². The zero-order valence-corrected chi connectivity index (χ0v) is 24.3. The Labute approximate surface area is 238 Å². The SMILES string of the molecule is Cc1ccc(-n2c(C)cc(/C=N\NC(=O)CN(c3cc(Cl)cc(Cl)c3)S(=O)(=O)c3ccccc3)c2C)c(C)c1. The Morgan fingerprint density at radius 1 is 0.949 bits per heavy atom. The third kappa shape index (κ3) is 6.36. The van der Waals surface area contributed by atoms with Crippen molar-refractivity contribution in [2.75, 3.05) is 10.8 Å². The first kappa shape index (κ1) is 28.4. The maximum absolute atomic E-state index is 13.5. The van der Waals surface area contributed by atoms with Crippen molar-refractivity contribution in [2.24, 2.45) is 5.10 Å². The molecular weight excluding hydrogens is 555 g/mol. The lowest BCUT2D eigenvalue weighted by Gasteiger charge is -2.24. The molecule has 4 aromatic rings.